The van der Waals surface area contributed by atoms with E-state index in [4.69, 9.17) is 54.1 Å². The molecule has 0 amide bonds. The highest BCUT2D eigenvalue weighted by atomic mass is 35.6. The number of hydrogen-bond donors (Lipinski definition) is 1. The largest absolute Gasteiger partial charge is 0.352 e. The fourth-order valence-corrected chi connectivity index (χ4v) is 4.86. The molecule has 2 rings (SSSR count). The van der Waals surface area contributed by atoms with Crippen molar-refractivity contribution in [3.8, 4) is 0 Å². The molecule has 0 saturated carbocycles. The number of azide groups is 1. The van der Waals surface area contributed by atoms with Crippen molar-refractivity contribution in [1.29, 1.82) is 0 Å². The molecule has 0 spiro atoms. The third-order valence-corrected chi connectivity index (χ3v) is 6.61. The molecule has 11 nitrogen and oxygen atoms in total. The van der Waals surface area contributed by atoms with E-state index in [2.05, 4.69) is 15.0 Å². The van der Waals surface area contributed by atoms with Crippen molar-refractivity contribution in [3.63, 3.8) is 0 Å². The highest BCUT2D eigenvalue weighted by Gasteiger charge is 2.39. The minimum Gasteiger partial charge on any atom is -0.352 e. The normalized spacial score (nSPS) is 23.7. The molecular weight excluding hydrogens is 484 g/mol. The van der Waals surface area contributed by atoms with Crippen LogP contribution in [-0.2, 0) is 18.3 Å². The van der Waals surface area contributed by atoms with Gasteiger partial charge in [-0.3, -0.25) is 18.9 Å². The number of ether oxygens (including phenoxy) is 1. The van der Waals surface area contributed by atoms with Crippen LogP contribution in [0.25, 0.3) is 10.4 Å². The highest BCUT2D eigenvalue weighted by Crippen LogP contribution is 2.51. The Kier molecular flexibility index (Phi) is 8.85. The Hall–Kier alpha value is -1.03. The number of halogens is 3. The van der Waals surface area contributed by atoms with Crippen molar-refractivity contribution in [2.75, 3.05) is 19.4 Å². The number of H-pyrrole nitrogens is 1. The Morgan fingerprint density at radius 1 is 1.43 bits per heavy atom. The lowest BCUT2D eigenvalue weighted by atomic mass is 10.1. The van der Waals surface area contributed by atoms with E-state index in [1.807, 2.05) is 0 Å². The maximum Gasteiger partial charge on any atom is 0.330 e. The molecule has 1 aliphatic heterocycles. The van der Waals surface area contributed by atoms with Crippen LogP contribution in [0, 0.1) is 6.92 Å². The number of aromatic nitrogens is 2. The molecule has 1 N–H and O–H groups in total. The van der Waals surface area contributed by atoms with Gasteiger partial charge in [-0.2, -0.15) is 0 Å². The average Bonchev–Trinajstić information content (AvgIpc) is 3.04. The van der Waals surface area contributed by atoms with Crippen molar-refractivity contribution in [2.24, 2.45) is 5.11 Å². The molecule has 168 valence electrons. The van der Waals surface area contributed by atoms with Crippen molar-refractivity contribution < 1.29 is 18.3 Å². The fourth-order valence-electron chi connectivity index (χ4n) is 2.82. The third-order valence-electron chi connectivity index (χ3n) is 4.22. The molecular formula is C15H21Cl3N5O6P. The van der Waals surface area contributed by atoms with Crippen molar-refractivity contribution in [2.45, 2.75) is 48.9 Å². The van der Waals surface area contributed by atoms with Gasteiger partial charge >= 0.3 is 13.3 Å². The number of nitrogens with zero attached hydrogens (tertiary/aromatic N) is 4. The van der Waals surface area contributed by atoms with E-state index in [9.17, 15) is 14.2 Å². The van der Waals surface area contributed by atoms with Gasteiger partial charge in [0, 0.05) is 29.3 Å². The average molecular weight is 505 g/mol. The van der Waals surface area contributed by atoms with Crippen LogP contribution in [0.4, 0.5) is 0 Å². The first-order chi connectivity index (χ1) is 14.0. The smallest absolute Gasteiger partial charge is 0.330 e. The fraction of sp³-hybridized carbons (Fsp3) is 0.733. The summed E-state index contributed by atoms with van der Waals surface area (Å²) >= 11 is 16.9. The monoisotopic (exact) mass is 503 g/mol. The Bertz CT molecular complexity index is 957. The first-order valence-electron chi connectivity index (χ1n) is 8.94. The van der Waals surface area contributed by atoms with Gasteiger partial charge in [-0.1, -0.05) is 46.8 Å². The number of alkyl halides is 3. The van der Waals surface area contributed by atoms with Crippen LogP contribution in [-0.4, -0.2) is 44.9 Å². The third kappa shape index (κ3) is 7.00. The summed E-state index contributed by atoms with van der Waals surface area (Å²) in [6, 6.07) is -0.706. The summed E-state index contributed by atoms with van der Waals surface area (Å²) in [5, 5.41) is 3.68. The summed E-state index contributed by atoms with van der Waals surface area (Å²) < 4.78 is 28.8. The van der Waals surface area contributed by atoms with Gasteiger partial charge in [-0.25, -0.2) is 4.79 Å². The SMILES string of the molecule is CCCP(=O)(OC[C@H]1O[C@@H](n2cc(C)c(=O)[nH]c2=O)C[C@@H]1N=[N+]=[N-])OCC(Cl)(Cl)Cl. The summed E-state index contributed by atoms with van der Waals surface area (Å²) in [4.78, 5) is 28.7. The Labute approximate surface area is 186 Å². The number of aromatic amines is 1. The van der Waals surface area contributed by atoms with Crippen LogP contribution in [0.3, 0.4) is 0 Å². The van der Waals surface area contributed by atoms with Gasteiger partial charge in [0.1, 0.15) is 12.8 Å². The molecule has 1 fully saturated rings. The minimum atomic E-state index is -3.61. The summed E-state index contributed by atoms with van der Waals surface area (Å²) in [7, 11) is -3.61. The molecule has 0 aromatic carbocycles. The van der Waals surface area contributed by atoms with Gasteiger partial charge in [-0.15, -0.1) is 0 Å². The second-order valence-electron chi connectivity index (χ2n) is 6.63. The van der Waals surface area contributed by atoms with Gasteiger partial charge in [0.25, 0.3) is 5.56 Å². The molecule has 0 aliphatic carbocycles. The van der Waals surface area contributed by atoms with E-state index < -0.39 is 47.6 Å². The van der Waals surface area contributed by atoms with E-state index in [1.165, 1.54) is 17.7 Å². The molecule has 1 aliphatic rings. The molecule has 1 saturated heterocycles. The number of aryl methyl sites for hydroxylation is 1. The molecule has 2 heterocycles. The quantitative estimate of drug-likeness (QED) is 0.178. The van der Waals surface area contributed by atoms with Crippen LogP contribution >= 0.6 is 42.4 Å². The number of rotatable bonds is 9. The van der Waals surface area contributed by atoms with E-state index >= 15 is 0 Å². The summed E-state index contributed by atoms with van der Waals surface area (Å²) in [6.45, 7) is 2.64. The van der Waals surface area contributed by atoms with Crippen LogP contribution in [0.15, 0.2) is 20.9 Å². The maximum atomic E-state index is 12.9. The lowest BCUT2D eigenvalue weighted by Crippen LogP contribution is -2.33. The molecule has 1 unspecified atom stereocenters. The van der Waals surface area contributed by atoms with Crippen LogP contribution in [0.5, 0.6) is 0 Å². The van der Waals surface area contributed by atoms with E-state index in [0.717, 1.165) is 0 Å². The number of hydrogen-bond acceptors (Lipinski definition) is 7. The lowest BCUT2D eigenvalue weighted by Gasteiger charge is -2.23. The molecule has 4 atom stereocenters. The van der Waals surface area contributed by atoms with Crippen LogP contribution in [0.1, 0.15) is 31.6 Å². The van der Waals surface area contributed by atoms with Crippen molar-refractivity contribution >= 4 is 42.4 Å². The first-order valence-corrected chi connectivity index (χ1v) is 11.8. The number of nitrogens with one attached hydrogen (secondary N) is 1. The zero-order chi connectivity index (χ0) is 22.5. The Balaban J connectivity index is 2.16. The summed E-state index contributed by atoms with van der Waals surface area (Å²) in [5.41, 5.74) is 7.98. The molecule has 30 heavy (non-hydrogen) atoms. The second kappa shape index (κ2) is 10.5. The van der Waals surface area contributed by atoms with Crippen molar-refractivity contribution in [1.82, 2.24) is 9.55 Å². The van der Waals surface area contributed by atoms with E-state index in [1.54, 1.807) is 6.92 Å². The predicted molar refractivity (Wildman–Crippen MR) is 112 cm³/mol. The van der Waals surface area contributed by atoms with Crippen molar-refractivity contribution in [3.05, 3.63) is 43.0 Å². The molecule has 1 aromatic heterocycles. The zero-order valence-corrected chi connectivity index (χ0v) is 19.3. The maximum absolute atomic E-state index is 12.9. The lowest BCUT2D eigenvalue weighted by molar-refractivity contribution is -0.0249. The summed E-state index contributed by atoms with van der Waals surface area (Å²) in [6.07, 6.45) is 0.438. The minimum absolute atomic E-state index is 0.0780. The van der Waals surface area contributed by atoms with Gasteiger partial charge < -0.3 is 13.8 Å². The second-order valence-corrected chi connectivity index (χ2v) is 11.3. The molecule has 0 bridgehead atoms. The first kappa shape index (κ1) is 25.2. The Morgan fingerprint density at radius 2 is 2.13 bits per heavy atom. The van der Waals surface area contributed by atoms with Gasteiger partial charge in [0.05, 0.1) is 18.8 Å². The van der Waals surface area contributed by atoms with Gasteiger partial charge in [-0.05, 0) is 18.9 Å². The van der Waals surface area contributed by atoms with Gasteiger partial charge in [0.2, 0.25) is 3.79 Å². The highest BCUT2D eigenvalue weighted by molar-refractivity contribution is 7.53. The topological polar surface area (TPSA) is 148 Å². The molecule has 1 aromatic rings. The Morgan fingerprint density at radius 3 is 2.73 bits per heavy atom. The molecule has 0 radical (unpaired) electrons. The van der Waals surface area contributed by atoms with E-state index in [-0.39, 0.29) is 19.2 Å². The summed E-state index contributed by atoms with van der Waals surface area (Å²) in [5.74, 6) is 0. The van der Waals surface area contributed by atoms with Crippen LogP contribution < -0.4 is 11.2 Å². The van der Waals surface area contributed by atoms with Crippen LogP contribution in [0.2, 0.25) is 0 Å². The van der Waals surface area contributed by atoms with E-state index in [0.29, 0.717) is 12.0 Å². The predicted octanol–water partition coefficient (Wildman–Crippen LogP) is 3.82. The molecule has 15 heteroatoms. The van der Waals surface area contributed by atoms with Gasteiger partial charge in [0.15, 0.2) is 0 Å². The standard InChI is InChI=1S/C15H21Cl3N5O6P/c1-3-4-30(26,28-8-15(16,17)18)27-7-11-10(21-22-19)5-12(29-11)23-6-9(2)13(24)20-14(23)25/h6,10-12H,3-5,7-8H2,1-2H3,(H,20,24,25)/t10-,11+,12+,30?/m0/s1. The zero-order valence-electron chi connectivity index (χ0n) is 16.2.